The number of carboxylic acids is 1. The van der Waals surface area contributed by atoms with Crippen molar-refractivity contribution in [3.8, 4) is 0 Å². The minimum Gasteiger partial charge on any atom is -0.480 e. The molecule has 0 radical (unpaired) electrons. The maximum Gasteiger partial charge on any atom is 0.320 e. The summed E-state index contributed by atoms with van der Waals surface area (Å²) in [6.45, 7) is 2.89. The number of aliphatic hydroxyl groups is 1. The Morgan fingerprint density at radius 1 is 1.44 bits per heavy atom. The number of aliphatic hydroxyl groups excluding tert-OH is 1. The first kappa shape index (κ1) is 13.5. The van der Waals surface area contributed by atoms with Crippen LogP contribution in [-0.4, -0.2) is 46.3 Å². The lowest BCUT2D eigenvalue weighted by Gasteiger charge is -2.33. The van der Waals surface area contributed by atoms with Gasteiger partial charge in [0.05, 0.1) is 6.61 Å². The Hall–Kier alpha value is -0.610. The molecule has 0 saturated carbocycles. The Morgan fingerprint density at radius 3 is 2.75 bits per heavy atom. The normalized spacial score (nSPS) is 25.0. The number of hydrogen-bond acceptors (Lipinski definition) is 3. The molecule has 16 heavy (non-hydrogen) atoms. The second kappa shape index (κ2) is 6.86. The smallest absolute Gasteiger partial charge is 0.320 e. The standard InChI is InChI=1S/C12H23NO3/c1-2-6-11(12(15)16)13-8-5-3-4-7-10(13)9-14/h10-11,14H,2-9H2,1H3,(H,15,16). The molecule has 0 amide bonds. The van der Waals surface area contributed by atoms with Crippen LogP contribution in [0.4, 0.5) is 0 Å². The van der Waals surface area contributed by atoms with Gasteiger partial charge in [-0.15, -0.1) is 0 Å². The van der Waals surface area contributed by atoms with E-state index in [1.807, 2.05) is 11.8 Å². The molecule has 2 N–H and O–H groups in total. The molecule has 2 unspecified atom stereocenters. The fourth-order valence-electron chi connectivity index (χ4n) is 2.51. The number of likely N-dealkylation sites (tertiary alicyclic amines) is 1. The maximum atomic E-state index is 11.2. The van der Waals surface area contributed by atoms with Crippen molar-refractivity contribution in [2.45, 2.75) is 57.5 Å². The highest BCUT2D eigenvalue weighted by Gasteiger charge is 2.30. The van der Waals surface area contributed by atoms with E-state index in [1.54, 1.807) is 0 Å². The van der Waals surface area contributed by atoms with Gasteiger partial charge in [-0.25, -0.2) is 0 Å². The minimum atomic E-state index is -0.748. The Labute approximate surface area is 97.3 Å². The maximum absolute atomic E-state index is 11.2. The average Bonchev–Trinajstić information content (AvgIpc) is 2.50. The molecule has 0 aromatic carbocycles. The molecule has 4 nitrogen and oxygen atoms in total. The summed E-state index contributed by atoms with van der Waals surface area (Å²) in [6.07, 6.45) is 5.75. The molecule has 1 rings (SSSR count). The van der Waals surface area contributed by atoms with Gasteiger partial charge in [-0.2, -0.15) is 0 Å². The first-order chi connectivity index (χ1) is 7.70. The quantitative estimate of drug-likeness (QED) is 0.749. The van der Waals surface area contributed by atoms with Crippen LogP contribution in [0.3, 0.4) is 0 Å². The van der Waals surface area contributed by atoms with Gasteiger partial charge in [0.25, 0.3) is 0 Å². The van der Waals surface area contributed by atoms with Crippen LogP contribution in [0.15, 0.2) is 0 Å². The SMILES string of the molecule is CCCC(C(=O)O)N1CCCCCC1CO. The number of aliphatic carboxylic acids is 1. The van der Waals surface area contributed by atoms with Crippen LogP contribution in [0.2, 0.25) is 0 Å². The lowest BCUT2D eigenvalue weighted by atomic mass is 10.1. The molecule has 0 aromatic heterocycles. The van der Waals surface area contributed by atoms with Gasteiger partial charge in [0, 0.05) is 6.04 Å². The predicted molar refractivity (Wildman–Crippen MR) is 62.4 cm³/mol. The van der Waals surface area contributed by atoms with E-state index in [9.17, 15) is 15.0 Å². The Bertz CT molecular complexity index is 220. The Balaban J connectivity index is 2.72. The van der Waals surface area contributed by atoms with Gasteiger partial charge in [0.15, 0.2) is 0 Å². The van der Waals surface area contributed by atoms with Gasteiger partial charge >= 0.3 is 5.97 Å². The van der Waals surface area contributed by atoms with Crippen molar-refractivity contribution < 1.29 is 15.0 Å². The van der Waals surface area contributed by atoms with Gasteiger partial charge in [0.1, 0.15) is 6.04 Å². The summed E-state index contributed by atoms with van der Waals surface area (Å²) in [5.74, 6) is -0.748. The largest absolute Gasteiger partial charge is 0.480 e. The average molecular weight is 229 g/mol. The molecule has 0 bridgehead atoms. The van der Waals surface area contributed by atoms with Gasteiger partial charge in [-0.3, -0.25) is 9.69 Å². The lowest BCUT2D eigenvalue weighted by Crippen LogP contribution is -2.48. The first-order valence-electron chi connectivity index (χ1n) is 6.30. The zero-order valence-corrected chi connectivity index (χ0v) is 10.1. The third-order valence-corrected chi connectivity index (χ3v) is 3.38. The number of carboxylic acid groups (broad SMARTS) is 1. The molecule has 1 aliphatic heterocycles. The fraction of sp³-hybridized carbons (Fsp3) is 0.917. The minimum absolute atomic E-state index is 0.0372. The molecule has 2 atom stereocenters. The summed E-state index contributed by atoms with van der Waals surface area (Å²) in [5, 5.41) is 18.6. The summed E-state index contributed by atoms with van der Waals surface area (Å²) < 4.78 is 0. The fourth-order valence-corrected chi connectivity index (χ4v) is 2.51. The monoisotopic (exact) mass is 229 g/mol. The van der Waals surface area contributed by atoms with Gasteiger partial charge in [-0.1, -0.05) is 26.2 Å². The number of hydrogen-bond donors (Lipinski definition) is 2. The van der Waals surface area contributed by atoms with E-state index in [-0.39, 0.29) is 12.6 Å². The van der Waals surface area contributed by atoms with Crippen molar-refractivity contribution >= 4 is 5.97 Å². The third-order valence-electron chi connectivity index (χ3n) is 3.38. The van der Waals surface area contributed by atoms with E-state index in [1.165, 1.54) is 0 Å². The molecular weight excluding hydrogens is 206 g/mol. The highest BCUT2D eigenvalue weighted by molar-refractivity contribution is 5.73. The number of carbonyl (C=O) groups is 1. The third kappa shape index (κ3) is 3.46. The zero-order valence-electron chi connectivity index (χ0n) is 10.1. The van der Waals surface area contributed by atoms with Crippen molar-refractivity contribution in [3.63, 3.8) is 0 Å². The number of rotatable bonds is 5. The highest BCUT2D eigenvalue weighted by Crippen LogP contribution is 2.21. The Kier molecular flexibility index (Phi) is 5.77. The molecule has 94 valence electrons. The van der Waals surface area contributed by atoms with Crippen molar-refractivity contribution in [1.29, 1.82) is 0 Å². The van der Waals surface area contributed by atoms with Crippen molar-refractivity contribution in [2.24, 2.45) is 0 Å². The van der Waals surface area contributed by atoms with Crippen molar-refractivity contribution in [3.05, 3.63) is 0 Å². The predicted octanol–water partition coefficient (Wildman–Crippen LogP) is 1.48. The summed E-state index contributed by atoms with van der Waals surface area (Å²) in [6, 6.07) is -0.379. The Morgan fingerprint density at radius 2 is 2.19 bits per heavy atom. The second-order valence-corrected chi connectivity index (χ2v) is 4.57. The first-order valence-corrected chi connectivity index (χ1v) is 6.30. The number of nitrogens with zero attached hydrogens (tertiary/aromatic N) is 1. The molecule has 4 heteroatoms. The van der Waals surface area contributed by atoms with Crippen LogP contribution in [-0.2, 0) is 4.79 Å². The van der Waals surface area contributed by atoms with E-state index in [0.717, 1.165) is 38.6 Å². The summed E-state index contributed by atoms with van der Waals surface area (Å²) in [4.78, 5) is 13.2. The van der Waals surface area contributed by atoms with Crippen LogP contribution in [0.5, 0.6) is 0 Å². The van der Waals surface area contributed by atoms with Crippen LogP contribution < -0.4 is 0 Å². The lowest BCUT2D eigenvalue weighted by molar-refractivity contribution is -0.145. The molecule has 1 aliphatic rings. The van der Waals surface area contributed by atoms with Crippen molar-refractivity contribution in [2.75, 3.05) is 13.2 Å². The topological polar surface area (TPSA) is 60.8 Å². The summed E-state index contributed by atoms with van der Waals surface area (Å²) >= 11 is 0. The van der Waals surface area contributed by atoms with E-state index < -0.39 is 12.0 Å². The van der Waals surface area contributed by atoms with Crippen molar-refractivity contribution in [1.82, 2.24) is 4.90 Å². The molecule has 1 heterocycles. The van der Waals surface area contributed by atoms with Crippen LogP contribution in [0, 0.1) is 0 Å². The highest BCUT2D eigenvalue weighted by atomic mass is 16.4. The van der Waals surface area contributed by atoms with E-state index >= 15 is 0 Å². The van der Waals surface area contributed by atoms with Gasteiger partial charge < -0.3 is 10.2 Å². The molecule has 0 spiro atoms. The van der Waals surface area contributed by atoms with Gasteiger partial charge in [-0.05, 0) is 25.8 Å². The molecule has 0 aromatic rings. The van der Waals surface area contributed by atoms with Gasteiger partial charge in [0.2, 0.25) is 0 Å². The summed E-state index contributed by atoms with van der Waals surface area (Å²) in [7, 11) is 0. The second-order valence-electron chi connectivity index (χ2n) is 4.57. The molecule has 1 saturated heterocycles. The molecule has 0 aliphatic carbocycles. The molecular formula is C12H23NO3. The summed E-state index contributed by atoms with van der Waals surface area (Å²) in [5.41, 5.74) is 0. The van der Waals surface area contributed by atoms with E-state index in [4.69, 9.17) is 0 Å². The zero-order chi connectivity index (χ0) is 12.0. The van der Waals surface area contributed by atoms with E-state index in [0.29, 0.717) is 6.42 Å². The van der Waals surface area contributed by atoms with Crippen LogP contribution in [0.1, 0.15) is 45.4 Å². The van der Waals surface area contributed by atoms with Crippen LogP contribution in [0.25, 0.3) is 0 Å². The van der Waals surface area contributed by atoms with Crippen LogP contribution >= 0.6 is 0 Å². The van der Waals surface area contributed by atoms with E-state index in [2.05, 4.69) is 0 Å². The molecule has 1 fully saturated rings.